The molecular formula is C12H12IN3O. The van der Waals surface area contributed by atoms with Gasteiger partial charge in [0.2, 0.25) is 0 Å². The van der Waals surface area contributed by atoms with Crippen LogP contribution in [0.3, 0.4) is 0 Å². The van der Waals surface area contributed by atoms with E-state index in [1.807, 2.05) is 24.3 Å². The number of H-pyrrole nitrogens is 1. The van der Waals surface area contributed by atoms with Gasteiger partial charge in [0.25, 0.3) is 5.91 Å². The maximum absolute atomic E-state index is 11.8. The summed E-state index contributed by atoms with van der Waals surface area (Å²) in [5, 5.41) is 2.87. The second kappa shape index (κ2) is 5.81. The third-order valence-corrected chi connectivity index (χ3v) is 3.26. The fraction of sp³-hybridized carbons (Fsp3) is 0.167. The van der Waals surface area contributed by atoms with Crippen LogP contribution in [0, 0.1) is 3.57 Å². The standard InChI is InChI=1S/C12H12IN3O/c13-10-4-2-1-3-9(10)12(17)16-6-5-11-14-7-8-15-11/h1-4,7-8H,5-6H2,(H,14,15)(H,16,17). The Labute approximate surface area is 113 Å². The van der Waals surface area contributed by atoms with Crippen molar-refractivity contribution < 1.29 is 4.79 Å². The predicted octanol–water partition coefficient (Wildman–Crippen LogP) is 1.99. The highest BCUT2D eigenvalue weighted by atomic mass is 127. The number of hydrogen-bond donors (Lipinski definition) is 2. The molecule has 2 aromatic rings. The van der Waals surface area contributed by atoms with E-state index in [9.17, 15) is 4.79 Å². The Morgan fingerprint density at radius 1 is 1.41 bits per heavy atom. The van der Waals surface area contributed by atoms with Gasteiger partial charge in [-0.25, -0.2) is 4.98 Å². The second-order valence-corrected chi connectivity index (χ2v) is 4.68. The van der Waals surface area contributed by atoms with Crippen molar-refractivity contribution in [3.63, 3.8) is 0 Å². The molecule has 0 bridgehead atoms. The second-order valence-electron chi connectivity index (χ2n) is 3.52. The number of halogens is 1. The maximum Gasteiger partial charge on any atom is 0.252 e. The third-order valence-electron chi connectivity index (χ3n) is 2.32. The summed E-state index contributed by atoms with van der Waals surface area (Å²) < 4.78 is 0.959. The van der Waals surface area contributed by atoms with E-state index < -0.39 is 0 Å². The van der Waals surface area contributed by atoms with Gasteiger partial charge in [-0.1, -0.05) is 12.1 Å². The van der Waals surface area contributed by atoms with Crippen molar-refractivity contribution in [2.45, 2.75) is 6.42 Å². The number of aromatic nitrogens is 2. The summed E-state index contributed by atoms with van der Waals surface area (Å²) >= 11 is 2.16. The largest absolute Gasteiger partial charge is 0.352 e. The van der Waals surface area contributed by atoms with Crippen LogP contribution in [-0.4, -0.2) is 22.4 Å². The molecule has 88 valence electrons. The van der Waals surface area contributed by atoms with Gasteiger partial charge in [0.1, 0.15) is 5.82 Å². The SMILES string of the molecule is O=C(NCCc1ncc[nH]1)c1ccccc1I. The molecule has 0 saturated carbocycles. The lowest BCUT2D eigenvalue weighted by atomic mass is 10.2. The molecule has 0 fully saturated rings. The van der Waals surface area contributed by atoms with Crippen LogP contribution in [0.1, 0.15) is 16.2 Å². The molecule has 0 aliphatic carbocycles. The molecule has 0 atom stereocenters. The first-order chi connectivity index (χ1) is 8.27. The summed E-state index contributed by atoms with van der Waals surface area (Å²) in [5.74, 6) is 0.842. The van der Waals surface area contributed by atoms with Crippen LogP contribution in [0.15, 0.2) is 36.7 Å². The van der Waals surface area contributed by atoms with E-state index in [2.05, 4.69) is 37.9 Å². The number of hydrogen-bond acceptors (Lipinski definition) is 2. The first-order valence-electron chi connectivity index (χ1n) is 5.28. The number of rotatable bonds is 4. The Kier molecular flexibility index (Phi) is 4.13. The highest BCUT2D eigenvalue weighted by Gasteiger charge is 2.08. The Hall–Kier alpha value is -1.37. The topological polar surface area (TPSA) is 57.8 Å². The van der Waals surface area contributed by atoms with Crippen LogP contribution in [0.2, 0.25) is 0 Å². The van der Waals surface area contributed by atoms with Gasteiger partial charge in [-0.3, -0.25) is 4.79 Å². The molecular weight excluding hydrogens is 329 g/mol. The summed E-state index contributed by atoms with van der Waals surface area (Å²) in [4.78, 5) is 18.9. The number of benzene rings is 1. The van der Waals surface area contributed by atoms with Crippen LogP contribution in [-0.2, 0) is 6.42 Å². The van der Waals surface area contributed by atoms with Crippen LogP contribution < -0.4 is 5.32 Å². The Balaban J connectivity index is 1.88. The molecule has 1 amide bonds. The Morgan fingerprint density at radius 3 is 2.94 bits per heavy atom. The minimum absolute atomic E-state index is 0.0402. The number of nitrogens with zero attached hydrogens (tertiary/aromatic N) is 1. The molecule has 2 rings (SSSR count). The Bertz CT molecular complexity index is 496. The zero-order chi connectivity index (χ0) is 12.1. The lowest BCUT2D eigenvalue weighted by molar-refractivity contribution is 0.0953. The smallest absolute Gasteiger partial charge is 0.252 e. The van der Waals surface area contributed by atoms with Gasteiger partial charge in [0.05, 0.1) is 5.56 Å². The molecule has 0 aliphatic heterocycles. The van der Waals surface area contributed by atoms with Crippen LogP contribution in [0.5, 0.6) is 0 Å². The van der Waals surface area contributed by atoms with E-state index in [-0.39, 0.29) is 5.91 Å². The van der Waals surface area contributed by atoms with Gasteiger partial charge < -0.3 is 10.3 Å². The van der Waals surface area contributed by atoms with Crippen molar-refractivity contribution >= 4 is 28.5 Å². The molecule has 5 heteroatoms. The number of amides is 1. The van der Waals surface area contributed by atoms with E-state index in [4.69, 9.17) is 0 Å². The monoisotopic (exact) mass is 341 g/mol. The van der Waals surface area contributed by atoms with Gasteiger partial charge in [-0.15, -0.1) is 0 Å². The van der Waals surface area contributed by atoms with Crippen LogP contribution in [0.4, 0.5) is 0 Å². The van der Waals surface area contributed by atoms with Crippen molar-refractivity contribution in [2.24, 2.45) is 0 Å². The molecule has 1 heterocycles. The number of nitrogens with one attached hydrogen (secondary N) is 2. The van der Waals surface area contributed by atoms with E-state index in [0.29, 0.717) is 18.5 Å². The number of carbonyl (C=O) groups is 1. The van der Waals surface area contributed by atoms with Gasteiger partial charge in [-0.05, 0) is 34.7 Å². The van der Waals surface area contributed by atoms with Gasteiger partial charge in [-0.2, -0.15) is 0 Å². The minimum Gasteiger partial charge on any atom is -0.352 e. The molecule has 2 N–H and O–H groups in total. The summed E-state index contributed by atoms with van der Waals surface area (Å²) in [6.45, 7) is 0.581. The van der Waals surface area contributed by atoms with Crippen molar-refractivity contribution in [1.82, 2.24) is 15.3 Å². The van der Waals surface area contributed by atoms with Crippen molar-refractivity contribution in [3.05, 3.63) is 51.6 Å². The molecule has 1 aromatic carbocycles. The molecule has 0 radical (unpaired) electrons. The third kappa shape index (κ3) is 3.29. The van der Waals surface area contributed by atoms with E-state index >= 15 is 0 Å². The molecule has 1 aromatic heterocycles. The van der Waals surface area contributed by atoms with Crippen LogP contribution >= 0.6 is 22.6 Å². The van der Waals surface area contributed by atoms with E-state index in [0.717, 1.165) is 9.39 Å². The Morgan fingerprint density at radius 2 is 2.24 bits per heavy atom. The summed E-state index contributed by atoms with van der Waals surface area (Å²) in [6.07, 6.45) is 4.19. The zero-order valence-corrected chi connectivity index (χ0v) is 11.3. The summed E-state index contributed by atoms with van der Waals surface area (Å²) in [5.41, 5.74) is 0.715. The molecule has 4 nitrogen and oxygen atoms in total. The normalized spacial score (nSPS) is 10.2. The predicted molar refractivity (Wildman–Crippen MR) is 73.8 cm³/mol. The molecule has 17 heavy (non-hydrogen) atoms. The lowest BCUT2D eigenvalue weighted by Crippen LogP contribution is -2.26. The fourth-order valence-corrected chi connectivity index (χ4v) is 2.10. The van der Waals surface area contributed by atoms with Crippen molar-refractivity contribution in [3.8, 4) is 0 Å². The summed E-state index contributed by atoms with van der Waals surface area (Å²) in [7, 11) is 0. The fourth-order valence-electron chi connectivity index (χ4n) is 1.47. The van der Waals surface area contributed by atoms with Gasteiger partial charge in [0, 0.05) is 28.9 Å². The highest BCUT2D eigenvalue weighted by molar-refractivity contribution is 14.1. The average molecular weight is 341 g/mol. The zero-order valence-electron chi connectivity index (χ0n) is 9.11. The quantitative estimate of drug-likeness (QED) is 0.836. The van der Waals surface area contributed by atoms with E-state index in [1.165, 1.54) is 0 Å². The first kappa shape index (κ1) is 12.1. The number of carbonyl (C=O) groups excluding carboxylic acids is 1. The van der Waals surface area contributed by atoms with Crippen molar-refractivity contribution in [2.75, 3.05) is 6.54 Å². The van der Waals surface area contributed by atoms with Gasteiger partial charge >= 0.3 is 0 Å². The van der Waals surface area contributed by atoms with Crippen molar-refractivity contribution in [1.29, 1.82) is 0 Å². The van der Waals surface area contributed by atoms with E-state index in [1.54, 1.807) is 12.4 Å². The average Bonchev–Trinajstić information content (AvgIpc) is 2.82. The number of imidazole rings is 1. The first-order valence-corrected chi connectivity index (χ1v) is 6.36. The minimum atomic E-state index is -0.0402. The highest BCUT2D eigenvalue weighted by Crippen LogP contribution is 2.10. The molecule has 0 saturated heterocycles. The number of aromatic amines is 1. The van der Waals surface area contributed by atoms with Crippen LogP contribution in [0.25, 0.3) is 0 Å². The maximum atomic E-state index is 11.8. The summed E-state index contributed by atoms with van der Waals surface area (Å²) in [6, 6.07) is 7.52. The van der Waals surface area contributed by atoms with Gasteiger partial charge in [0.15, 0.2) is 0 Å². The molecule has 0 unspecified atom stereocenters. The lowest BCUT2D eigenvalue weighted by Gasteiger charge is -2.05. The molecule has 0 spiro atoms. The molecule has 0 aliphatic rings.